The number of benzene rings is 1. The van der Waals surface area contributed by atoms with E-state index in [1.54, 1.807) is 11.8 Å². The summed E-state index contributed by atoms with van der Waals surface area (Å²) in [4.78, 5) is 26.1. The molecule has 1 atom stereocenters. The molecule has 6 heteroatoms. The minimum atomic E-state index is -0.562. The third-order valence-corrected chi connectivity index (χ3v) is 3.83. The van der Waals surface area contributed by atoms with Crippen LogP contribution < -0.4 is 15.5 Å². The molecule has 3 amide bonds. The van der Waals surface area contributed by atoms with Gasteiger partial charge in [0, 0.05) is 32.0 Å². The summed E-state index contributed by atoms with van der Waals surface area (Å²) in [7, 11) is 0. The third kappa shape index (κ3) is 4.69. The molecule has 1 aromatic carbocycles. The van der Waals surface area contributed by atoms with E-state index in [9.17, 15) is 9.59 Å². The summed E-state index contributed by atoms with van der Waals surface area (Å²) in [5, 5.41) is 5.43. The second-order valence-electron chi connectivity index (χ2n) is 5.54. The van der Waals surface area contributed by atoms with Gasteiger partial charge >= 0.3 is 6.03 Å². The van der Waals surface area contributed by atoms with Crippen molar-refractivity contribution in [2.24, 2.45) is 0 Å². The zero-order chi connectivity index (χ0) is 16.7. The average Bonchev–Trinajstić information content (AvgIpc) is 2.98. The SMILES string of the molecule is CCOCCCNC(=O)N[C@@H](C)C(=O)N1CCc2ccccc21. The fourth-order valence-electron chi connectivity index (χ4n) is 2.63. The van der Waals surface area contributed by atoms with Crippen LogP contribution in [-0.2, 0) is 16.0 Å². The Labute approximate surface area is 137 Å². The van der Waals surface area contributed by atoms with E-state index in [1.807, 2.05) is 31.2 Å². The Balaban J connectivity index is 1.78. The van der Waals surface area contributed by atoms with E-state index in [-0.39, 0.29) is 11.9 Å². The van der Waals surface area contributed by atoms with Crippen LogP contribution in [0.4, 0.5) is 10.5 Å². The van der Waals surface area contributed by atoms with Gasteiger partial charge < -0.3 is 20.3 Å². The van der Waals surface area contributed by atoms with Gasteiger partial charge in [-0.1, -0.05) is 18.2 Å². The van der Waals surface area contributed by atoms with Crippen molar-refractivity contribution in [3.8, 4) is 0 Å². The highest BCUT2D eigenvalue weighted by molar-refractivity contribution is 6.00. The first-order chi connectivity index (χ1) is 11.1. The van der Waals surface area contributed by atoms with E-state index in [0.29, 0.717) is 26.3 Å². The summed E-state index contributed by atoms with van der Waals surface area (Å²) in [5.41, 5.74) is 2.12. The van der Waals surface area contributed by atoms with E-state index >= 15 is 0 Å². The molecule has 0 unspecified atom stereocenters. The van der Waals surface area contributed by atoms with Crippen molar-refractivity contribution in [2.45, 2.75) is 32.7 Å². The predicted molar refractivity (Wildman–Crippen MR) is 89.6 cm³/mol. The molecule has 0 aromatic heterocycles. The molecule has 0 aliphatic carbocycles. The molecule has 2 N–H and O–H groups in total. The summed E-state index contributed by atoms with van der Waals surface area (Å²) in [6, 6.07) is 6.99. The number of ether oxygens (including phenoxy) is 1. The Kier molecular flexibility index (Phi) is 6.40. The van der Waals surface area contributed by atoms with Gasteiger partial charge in [0.2, 0.25) is 5.91 Å². The molecule has 1 heterocycles. The molecule has 1 aliphatic heterocycles. The second kappa shape index (κ2) is 8.53. The van der Waals surface area contributed by atoms with Crippen molar-refractivity contribution in [2.75, 3.05) is 31.2 Å². The molecule has 126 valence electrons. The highest BCUT2D eigenvalue weighted by Gasteiger charge is 2.28. The quantitative estimate of drug-likeness (QED) is 0.751. The lowest BCUT2D eigenvalue weighted by Gasteiger charge is -2.22. The summed E-state index contributed by atoms with van der Waals surface area (Å²) >= 11 is 0. The summed E-state index contributed by atoms with van der Waals surface area (Å²) in [6.45, 7) is 6.14. The van der Waals surface area contributed by atoms with Crippen molar-refractivity contribution in [3.63, 3.8) is 0 Å². The molecule has 0 saturated heterocycles. The fraction of sp³-hybridized carbons (Fsp3) is 0.529. The van der Waals surface area contributed by atoms with Crippen LogP contribution in [0.5, 0.6) is 0 Å². The summed E-state index contributed by atoms with van der Waals surface area (Å²) in [5.74, 6) is -0.0839. The van der Waals surface area contributed by atoms with E-state index in [1.165, 1.54) is 5.56 Å². The van der Waals surface area contributed by atoms with Crippen molar-refractivity contribution in [1.82, 2.24) is 10.6 Å². The molecule has 23 heavy (non-hydrogen) atoms. The maximum Gasteiger partial charge on any atom is 0.315 e. The van der Waals surface area contributed by atoms with Gasteiger partial charge in [0.1, 0.15) is 6.04 Å². The van der Waals surface area contributed by atoms with Crippen LogP contribution in [0, 0.1) is 0 Å². The minimum absolute atomic E-state index is 0.0839. The maximum absolute atomic E-state index is 12.5. The molecular formula is C17H25N3O3. The van der Waals surface area contributed by atoms with Crippen molar-refractivity contribution in [1.29, 1.82) is 0 Å². The van der Waals surface area contributed by atoms with E-state index in [4.69, 9.17) is 4.74 Å². The summed E-state index contributed by atoms with van der Waals surface area (Å²) in [6.07, 6.45) is 1.61. The maximum atomic E-state index is 12.5. The van der Waals surface area contributed by atoms with Gasteiger partial charge in [0.05, 0.1) is 0 Å². The van der Waals surface area contributed by atoms with Crippen LogP contribution in [0.1, 0.15) is 25.8 Å². The van der Waals surface area contributed by atoms with Crippen LogP contribution in [0.25, 0.3) is 0 Å². The van der Waals surface area contributed by atoms with Crippen LogP contribution >= 0.6 is 0 Å². The molecule has 1 aromatic rings. The Morgan fingerprint density at radius 2 is 2.13 bits per heavy atom. The molecule has 0 fully saturated rings. The van der Waals surface area contributed by atoms with Gasteiger partial charge in [-0.2, -0.15) is 0 Å². The Morgan fingerprint density at radius 3 is 2.91 bits per heavy atom. The van der Waals surface area contributed by atoms with Gasteiger partial charge in [0.25, 0.3) is 0 Å². The minimum Gasteiger partial charge on any atom is -0.382 e. The van der Waals surface area contributed by atoms with Gasteiger partial charge in [-0.25, -0.2) is 4.79 Å². The molecule has 6 nitrogen and oxygen atoms in total. The van der Waals surface area contributed by atoms with Gasteiger partial charge in [0.15, 0.2) is 0 Å². The van der Waals surface area contributed by atoms with Crippen LogP contribution in [0.3, 0.4) is 0 Å². The number of nitrogens with one attached hydrogen (secondary N) is 2. The van der Waals surface area contributed by atoms with E-state index in [2.05, 4.69) is 10.6 Å². The number of fused-ring (bicyclic) bond motifs is 1. The monoisotopic (exact) mass is 319 g/mol. The zero-order valence-corrected chi connectivity index (χ0v) is 13.8. The fourth-order valence-corrected chi connectivity index (χ4v) is 2.63. The Bertz CT molecular complexity index is 548. The molecule has 0 radical (unpaired) electrons. The third-order valence-electron chi connectivity index (χ3n) is 3.83. The topological polar surface area (TPSA) is 70.7 Å². The smallest absolute Gasteiger partial charge is 0.315 e. The Morgan fingerprint density at radius 1 is 1.35 bits per heavy atom. The number of para-hydroxylation sites is 1. The number of rotatable bonds is 7. The molecule has 2 rings (SSSR count). The number of carbonyl (C=O) groups excluding carboxylic acids is 2. The highest BCUT2D eigenvalue weighted by Crippen LogP contribution is 2.27. The van der Waals surface area contributed by atoms with Crippen molar-refractivity contribution in [3.05, 3.63) is 29.8 Å². The van der Waals surface area contributed by atoms with Crippen LogP contribution in [-0.4, -0.2) is 44.3 Å². The van der Waals surface area contributed by atoms with Gasteiger partial charge in [-0.15, -0.1) is 0 Å². The lowest BCUT2D eigenvalue weighted by Crippen LogP contribution is -2.49. The van der Waals surface area contributed by atoms with Gasteiger partial charge in [-0.05, 0) is 38.3 Å². The number of hydrogen-bond donors (Lipinski definition) is 2. The number of anilines is 1. The second-order valence-corrected chi connectivity index (χ2v) is 5.54. The number of amides is 3. The lowest BCUT2D eigenvalue weighted by molar-refractivity contribution is -0.119. The molecule has 0 spiro atoms. The van der Waals surface area contributed by atoms with E-state index < -0.39 is 6.04 Å². The molecule has 0 bridgehead atoms. The first kappa shape index (κ1) is 17.3. The molecule has 1 aliphatic rings. The zero-order valence-electron chi connectivity index (χ0n) is 13.8. The number of hydrogen-bond acceptors (Lipinski definition) is 3. The van der Waals surface area contributed by atoms with E-state index in [0.717, 1.165) is 18.5 Å². The predicted octanol–water partition coefficient (Wildman–Crippen LogP) is 1.69. The standard InChI is InChI=1S/C17H25N3O3/c1-3-23-12-6-10-18-17(22)19-13(2)16(21)20-11-9-14-7-4-5-8-15(14)20/h4-5,7-8,13H,3,6,9-12H2,1-2H3,(H2,18,19,22)/t13-/m0/s1. The lowest BCUT2D eigenvalue weighted by atomic mass is 10.2. The van der Waals surface area contributed by atoms with Crippen molar-refractivity contribution < 1.29 is 14.3 Å². The number of nitrogens with zero attached hydrogens (tertiary/aromatic N) is 1. The first-order valence-electron chi connectivity index (χ1n) is 8.15. The van der Waals surface area contributed by atoms with Crippen LogP contribution in [0.15, 0.2) is 24.3 Å². The number of carbonyl (C=O) groups is 2. The Hall–Kier alpha value is -2.08. The molecular weight excluding hydrogens is 294 g/mol. The largest absolute Gasteiger partial charge is 0.382 e. The number of urea groups is 1. The molecule has 0 saturated carbocycles. The van der Waals surface area contributed by atoms with Crippen molar-refractivity contribution >= 4 is 17.6 Å². The summed E-state index contributed by atoms with van der Waals surface area (Å²) < 4.78 is 5.20. The average molecular weight is 319 g/mol. The highest BCUT2D eigenvalue weighted by atomic mass is 16.5. The normalized spacial score (nSPS) is 14.3. The van der Waals surface area contributed by atoms with Gasteiger partial charge in [-0.3, -0.25) is 4.79 Å². The first-order valence-corrected chi connectivity index (χ1v) is 8.15. The van der Waals surface area contributed by atoms with Crippen LogP contribution in [0.2, 0.25) is 0 Å².